The van der Waals surface area contributed by atoms with Gasteiger partial charge in [0, 0.05) is 36.1 Å². The number of anilines is 1. The summed E-state index contributed by atoms with van der Waals surface area (Å²) in [7, 11) is 0. The normalized spacial score (nSPS) is 14.6. The number of fused-ring (bicyclic) bond motifs is 1. The number of nitrogens with two attached hydrogens (primary N) is 1. The van der Waals surface area contributed by atoms with E-state index < -0.39 is 5.91 Å². The van der Waals surface area contributed by atoms with E-state index in [4.69, 9.17) is 17.3 Å². The van der Waals surface area contributed by atoms with E-state index >= 15 is 0 Å². The van der Waals surface area contributed by atoms with E-state index in [1.165, 1.54) is 11.5 Å². The molecule has 1 fully saturated rings. The van der Waals surface area contributed by atoms with Crippen molar-refractivity contribution in [3.8, 4) is 0 Å². The number of aryl methyl sites for hydroxylation is 1. The second-order valence-corrected chi connectivity index (χ2v) is 8.91. The zero-order valence-electron chi connectivity index (χ0n) is 18.3. The van der Waals surface area contributed by atoms with Gasteiger partial charge in [-0.1, -0.05) is 36.9 Å². The number of hydrogen-bond donors (Lipinski definition) is 3. The number of carbonyl (C=O) groups excluding carboxylic acids is 2. The SMILES string of the molecule is NC(=O)CCn1c(NC(=O)c2ccc(Cl)cc2)nc2cc(CN(O)C3CCCCC3)ccc21. The summed E-state index contributed by atoms with van der Waals surface area (Å²) < 4.78 is 1.77. The largest absolute Gasteiger partial charge is 0.370 e. The number of halogens is 1. The molecule has 174 valence electrons. The third-order valence-electron chi connectivity index (χ3n) is 6.07. The fraction of sp³-hybridized carbons (Fsp3) is 0.375. The van der Waals surface area contributed by atoms with Gasteiger partial charge in [-0.05, 0) is 54.8 Å². The molecule has 1 aliphatic carbocycles. The lowest BCUT2D eigenvalue weighted by Crippen LogP contribution is -2.33. The molecule has 3 aromatic rings. The number of benzene rings is 2. The minimum atomic E-state index is -0.438. The summed E-state index contributed by atoms with van der Waals surface area (Å²) in [5.41, 5.74) is 8.16. The second kappa shape index (κ2) is 10.3. The molecule has 8 nitrogen and oxygen atoms in total. The lowest BCUT2D eigenvalue weighted by atomic mass is 9.95. The van der Waals surface area contributed by atoms with Crippen LogP contribution in [0.2, 0.25) is 5.02 Å². The van der Waals surface area contributed by atoms with E-state index in [1.54, 1.807) is 28.8 Å². The van der Waals surface area contributed by atoms with Crippen molar-refractivity contribution in [2.45, 2.75) is 57.7 Å². The minimum absolute atomic E-state index is 0.114. The monoisotopic (exact) mass is 469 g/mol. The topological polar surface area (TPSA) is 113 Å². The Bertz CT molecular complexity index is 1140. The van der Waals surface area contributed by atoms with Gasteiger partial charge in [0.25, 0.3) is 5.91 Å². The van der Waals surface area contributed by atoms with Crippen molar-refractivity contribution in [1.82, 2.24) is 14.6 Å². The van der Waals surface area contributed by atoms with Crippen LogP contribution in [0.1, 0.15) is 54.4 Å². The van der Waals surface area contributed by atoms with Crippen LogP contribution >= 0.6 is 11.6 Å². The molecule has 1 aliphatic rings. The number of carbonyl (C=O) groups is 2. The predicted octanol–water partition coefficient (Wildman–Crippen LogP) is 4.34. The van der Waals surface area contributed by atoms with Crippen LogP contribution in [0.4, 0.5) is 5.95 Å². The molecular formula is C24H28ClN5O3. The lowest BCUT2D eigenvalue weighted by Gasteiger charge is -2.29. The lowest BCUT2D eigenvalue weighted by molar-refractivity contribution is -0.143. The van der Waals surface area contributed by atoms with E-state index in [0.29, 0.717) is 28.6 Å². The first-order chi connectivity index (χ1) is 15.9. The zero-order chi connectivity index (χ0) is 23.4. The average molecular weight is 470 g/mol. The maximum absolute atomic E-state index is 12.7. The van der Waals surface area contributed by atoms with Gasteiger partial charge in [-0.2, -0.15) is 5.06 Å². The van der Waals surface area contributed by atoms with Crippen LogP contribution in [0, 0.1) is 0 Å². The van der Waals surface area contributed by atoms with Gasteiger partial charge in [0.15, 0.2) is 0 Å². The summed E-state index contributed by atoms with van der Waals surface area (Å²) in [6.07, 6.45) is 5.62. The number of primary amides is 1. The Morgan fingerprint density at radius 3 is 2.58 bits per heavy atom. The van der Waals surface area contributed by atoms with Crippen molar-refractivity contribution in [3.63, 3.8) is 0 Å². The van der Waals surface area contributed by atoms with Gasteiger partial charge in [0.05, 0.1) is 11.0 Å². The van der Waals surface area contributed by atoms with Gasteiger partial charge in [-0.25, -0.2) is 4.98 Å². The van der Waals surface area contributed by atoms with Gasteiger partial charge >= 0.3 is 0 Å². The van der Waals surface area contributed by atoms with Crippen molar-refractivity contribution < 1.29 is 14.8 Å². The summed E-state index contributed by atoms with van der Waals surface area (Å²) in [5, 5.41) is 15.4. The van der Waals surface area contributed by atoms with E-state index in [1.807, 2.05) is 18.2 Å². The molecular weight excluding hydrogens is 442 g/mol. The number of imidazole rings is 1. The highest BCUT2D eigenvalue weighted by atomic mass is 35.5. The molecule has 0 saturated heterocycles. The summed E-state index contributed by atoms with van der Waals surface area (Å²) in [6, 6.07) is 12.5. The van der Waals surface area contributed by atoms with Crippen molar-refractivity contribution in [2.75, 3.05) is 5.32 Å². The van der Waals surface area contributed by atoms with Gasteiger partial charge in [-0.3, -0.25) is 14.9 Å². The van der Waals surface area contributed by atoms with Crippen LogP contribution in [0.25, 0.3) is 11.0 Å². The van der Waals surface area contributed by atoms with E-state index in [-0.39, 0.29) is 24.9 Å². The smallest absolute Gasteiger partial charge is 0.257 e. The summed E-state index contributed by atoms with van der Waals surface area (Å²) in [6.45, 7) is 0.691. The first-order valence-corrected chi connectivity index (χ1v) is 11.6. The molecule has 0 atom stereocenters. The first kappa shape index (κ1) is 23.2. The van der Waals surface area contributed by atoms with Gasteiger partial charge in [0.2, 0.25) is 11.9 Å². The highest BCUT2D eigenvalue weighted by molar-refractivity contribution is 6.30. The van der Waals surface area contributed by atoms with Crippen LogP contribution in [0.15, 0.2) is 42.5 Å². The Morgan fingerprint density at radius 1 is 1.15 bits per heavy atom. The molecule has 4 rings (SSSR count). The van der Waals surface area contributed by atoms with Crippen molar-refractivity contribution >= 4 is 40.4 Å². The molecule has 4 N–H and O–H groups in total. The molecule has 0 bridgehead atoms. The van der Waals surface area contributed by atoms with E-state index in [0.717, 1.165) is 36.8 Å². The molecule has 2 aromatic carbocycles. The number of amides is 2. The molecule has 0 spiro atoms. The Labute approximate surface area is 197 Å². The summed E-state index contributed by atoms with van der Waals surface area (Å²) >= 11 is 5.91. The highest BCUT2D eigenvalue weighted by Gasteiger charge is 2.21. The Hall–Kier alpha value is -2.94. The van der Waals surface area contributed by atoms with Crippen molar-refractivity contribution in [3.05, 3.63) is 58.6 Å². The Balaban J connectivity index is 1.59. The van der Waals surface area contributed by atoms with Crippen LogP contribution in [-0.4, -0.2) is 37.7 Å². The fourth-order valence-electron chi connectivity index (χ4n) is 4.29. The number of aromatic nitrogens is 2. The summed E-state index contributed by atoms with van der Waals surface area (Å²) in [4.78, 5) is 28.7. The fourth-order valence-corrected chi connectivity index (χ4v) is 4.41. The van der Waals surface area contributed by atoms with Gasteiger partial charge in [0.1, 0.15) is 0 Å². The molecule has 1 heterocycles. The zero-order valence-corrected chi connectivity index (χ0v) is 19.1. The maximum atomic E-state index is 12.7. The molecule has 0 unspecified atom stereocenters. The molecule has 33 heavy (non-hydrogen) atoms. The van der Waals surface area contributed by atoms with E-state index in [9.17, 15) is 14.8 Å². The first-order valence-electron chi connectivity index (χ1n) is 11.2. The van der Waals surface area contributed by atoms with Crippen LogP contribution in [0.3, 0.4) is 0 Å². The van der Waals surface area contributed by atoms with Crippen LogP contribution in [0.5, 0.6) is 0 Å². The minimum Gasteiger partial charge on any atom is -0.370 e. The average Bonchev–Trinajstić information content (AvgIpc) is 3.14. The summed E-state index contributed by atoms with van der Waals surface area (Å²) in [5.74, 6) is -0.440. The molecule has 0 radical (unpaired) electrons. The Kier molecular flexibility index (Phi) is 7.27. The number of nitrogens with zero attached hydrogens (tertiary/aromatic N) is 3. The second-order valence-electron chi connectivity index (χ2n) is 8.48. The Morgan fingerprint density at radius 2 is 1.88 bits per heavy atom. The van der Waals surface area contributed by atoms with Crippen LogP contribution in [-0.2, 0) is 17.9 Å². The molecule has 9 heteroatoms. The highest BCUT2D eigenvalue weighted by Crippen LogP contribution is 2.26. The van der Waals surface area contributed by atoms with Gasteiger partial charge < -0.3 is 15.5 Å². The standard InChI is InChI=1S/C24H28ClN5O3/c25-18-9-7-17(8-10-18)23(32)28-24-27-20-14-16(15-30(33)19-4-2-1-3-5-19)6-11-21(20)29(24)13-12-22(26)31/h6-11,14,19,33H,1-5,12-13,15H2,(H2,26,31)(H,27,28,32). The number of hydrogen-bond acceptors (Lipinski definition) is 5. The molecule has 1 aromatic heterocycles. The third kappa shape index (κ3) is 5.71. The molecule has 2 amide bonds. The number of nitrogens with one attached hydrogen (secondary N) is 1. The van der Waals surface area contributed by atoms with Crippen molar-refractivity contribution in [1.29, 1.82) is 0 Å². The van der Waals surface area contributed by atoms with Crippen molar-refractivity contribution in [2.24, 2.45) is 5.73 Å². The number of rotatable bonds is 8. The maximum Gasteiger partial charge on any atom is 0.257 e. The third-order valence-corrected chi connectivity index (χ3v) is 6.32. The molecule has 0 aliphatic heterocycles. The number of hydroxylamine groups is 2. The van der Waals surface area contributed by atoms with Gasteiger partial charge in [-0.15, -0.1) is 0 Å². The van der Waals surface area contributed by atoms with Crippen LogP contribution < -0.4 is 11.1 Å². The molecule has 1 saturated carbocycles. The predicted molar refractivity (Wildman–Crippen MR) is 127 cm³/mol. The quantitative estimate of drug-likeness (QED) is 0.424. The van der Waals surface area contributed by atoms with E-state index in [2.05, 4.69) is 10.3 Å².